The maximum absolute atomic E-state index is 11.5. The van der Waals surface area contributed by atoms with Crippen molar-refractivity contribution >= 4 is 0 Å². The SMILES string of the molecule is CCNn1c(C)ccc(C#N)c1=O. The van der Waals surface area contributed by atoms with E-state index in [1.807, 2.05) is 19.9 Å². The summed E-state index contributed by atoms with van der Waals surface area (Å²) in [6, 6.07) is 5.12. The normalized spacial score (nSPS) is 9.31. The summed E-state index contributed by atoms with van der Waals surface area (Å²) in [5.41, 5.74) is 3.54. The largest absolute Gasteiger partial charge is 0.323 e. The Morgan fingerprint density at radius 3 is 2.85 bits per heavy atom. The van der Waals surface area contributed by atoms with Gasteiger partial charge in [-0.15, -0.1) is 0 Å². The first kappa shape index (κ1) is 9.33. The van der Waals surface area contributed by atoms with Crippen molar-refractivity contribution in [3.8, 4) is 6.07 Å². The number of aromatic nitrogens is 1. The van der Waals surface area contributed by atoms with E-state index in [-0.39, 0.29) is 11.1 Å². The Bertz CT molecular complexity index is 400. The fraction of sp³-hybridized carbons (Fsp3) is 0.333. The fourth-order valence-electron chi connectivity index (χ4n) is 1.07. The quantitative estimate of drug-likeness (QED) is 0.719. The molecule has 0 fully saturated rings. The molecule has 0 atom stereocenters. The number of hydrogen-bond acceptors (Lipinski definition) is 3. The number of pyridine rings is 1. The number of nitriles is 1. The monoisotopic (exact) mass is 177 g/mol. The molecule has 0 saturated carbocycles. The number of hydrogen-bond donors (Lipinski definition) is 1. The van der Waals surface area contributed by atoms with Crippen LogP contribution in [0.25, 0.3) is 0 Å². The molecule has 0 unspecified atom stereocenters. The Balaban J connectivity index is 3.32. The summed E-state index contributed by atoms with van der Waals surface area (Å²) in [6.07, 6.45) is 0. The van der Waals surface area contributed by atoms with Gasteiger partial charge in [0.25, 0.3) is 5.56 Å². The van der Waals surface area contributed by atoms with Crippen molar-refractivity contribution in [2.45, 2.75) is 13.8 Å². The van der Waals surface area contributed by atoms with E-state index in [0.717, 1.165) is 5.69 Å². The zero-order valence-electron chi connectivity index (χ0n) is 7.66. The predicted octanol–water partition coefficient (Wildman–Crippen LogP) is 0.592. The number of nitrogens with one attached hydrogen (secondary N) is 1. The van der Waals surface area contributed by atoms with E-state index in [1.54, 1.807) is 6.07 Å². The van der Waals surface area contributed by atoms with Crippen molar-refractivity contribution in [1.82, 2.24) is 4.68 Å². The van der Waals surface area contributed by atoms with Crippen LogP contribution in [0.5, 0.6) is 0 Å². The van der Waals surface area contributed by atoms with Crippen molar-refractivity contribution in [1.29, 1.82) is 5.26 Å². The van der Waals surface area contributed by atoms with E-state index in [2.05, 4.69) is 5.43 Å². The van der Waals surface area contributed by atoms with Crippen LogP contribution in [0.2, 0.25) is 0 Å². The lowest BCUT2D eigenvalue weighted by atomic mass is 10.3. The smallest absolute Gasteiger partial charge is 0.286 e. The van der Waals surface area contributed by atoms with Crippen LogP contribution < -0.4 is 11.0 Å². The third kappa shape index (κ3) is 1.70. The highest BCUT2D eigenvalue weighted by Gasteiger charge is 2.03. The molecule has 1 aromatic heterocycles. The van der Waals surface area contributed by atoms with Crippen molar-refractivity contribution < 1.29 is 0 Å². The van der Waals surface area contributed by atoms with E-state index in [9.17, 15) is 4.79 Å². The zero-order chi connectivity index (χ0) is 9.84. The first-order chi connectivity index (χ1) is 6.20. The molecule has 4 heteroatoms. The molecule has 0 amide bonds. The molecule has 0 aliphatic rings. The van der Waals surface area contributed by atoms with E-state index in [4.69, 9.17) is 5.26 Å². The molecule has 0 saturated heterocycles. The van der Waals surface area contributed by atoms with Crippen LogP contribution in [0, 0.1) is 18.3 Å². The Hall–Kier alpha value is -1.76. The minimum atomic E-state index is -0.288. The summed E-state index contributed by atoms with van der Waals surface area (Å²) in [5, 5.41) is 8.61. The van der Waals surface area contributed by atoms with Crippen LogP contribution in [-0.2, 0) is 0 Å². The first-order valence-corrected chi connectivity index (χ1v) is 4.07. The molecule has 4 nitrogen and oxygen atoms in total. The molecule has 1 rings (SSSR count). The van der Waals surface area contributed by atoms with Gasteiger partial charge in [0, 0.05) is 12.2 Å². The topological polar surface area (TPSA) is 57.8 Å². The van der Waals surface area contributed by atoms with Gasteiger partial charge in [0.1, 0.15) is 11.6 Å². The molecule has 68 valence electrons. The first-order valence-electron chi connectivity index (χ1n) is 4.07. The van der Waals surface area contributed by atoms with E-state index >= 15 is 0 Å². The summed E-state index contributed by atoms with van der Waals surface area (Å²) in [7, 11) is 0. The van der Waals surface area contributed by atoms with Gasteiger partial charge in [0.2, 0.25) is 0 Å². The molecule has 0 bridgehead atoms. The van der Waals surface area contributed by atoms with Crippen molar-refractivity contribution in [3.05, 3.63) is 33.7 Å². The van der Waals surface area contributed by atoms with Crippen LogP contribution in [-0.4, -0.2) is 11.2 Å². The third-order valence-corrected chi connectivity index (χ3v) is 1.71. The van der Waals surface area contributed by atoms with Crippen molar-refractivity contribution in [2.24, 2.45) is 0 Å². The van der Waals surface area contributed by atoms with Gasteiger partial charge in [-0.2, -0.15) is 5.26 Å². The number of nitrogens with zero attached hydrogens (tertiary/aromatic N) is 2. The fourth-order valence-corrected chi connectivity index (χ4v) is 1.07. The van der Waals surface area contributed by atoms with Crippen LogP contribution in [0.4, 0.5) is 0 Å². The second-order valence-electron chi connectivity index (χ2n) is 2.65. The average Bonchev–Trinajstić information content (AvgIpc) is 2.12. The summed E-state index contributed by atoms with van der Waals surface area (Å²) < 4.78 is 1.39. The molecule has 0 aliphatic heterocycles. The molecule has 0 radical (unpaired) electrons. The van der Waals surface area contributed by atoms with Crippen LogP contribution in [0.15, 0.2) is 16.9 Å². The maximum Gasteiger partial charge on any atom is 0.286 e. The Morgan fingerprint density at radius 1 is 1.62 bits per heavy atom. The maximum atomic E-state index is 11.5. The van der Waals surface area contributed by atoms with Gasteiger partial charge in [-0.05, 0) is 26.0 Å². The second-order valence-corrected chi connectivity index (χ2v) is 2.65. The van der Waals surface area contributed by atoms with Gasteiger partial charge >= 0.3 is 0 Å². The lowest BCUT2D eigenvalue weighted by Gasteiger charge is -2.10. The average molecular weight is 177 g/mol. The molecule has 0 aromatic carbocycles. The standard InChI is InChI=1S/C9H11N3O/c1-3-11-12-7(2)4-5-8(6-10)9(12)13/h4-5,11H,3H2,1-2H3. The molecule has 13 heavy (non-hydrogen) atoms. The highest BCUT2D eigenvalue weighted by Crippen LogP contribution is 1.94. The minimum Gasteiger partial charge on any atom is -0.323 e. The van der Waals surface area contributed by atoms with E-state index in [0.29, 0.717) is 6.54 Å². The molecule has 0 spiro atoms. The molecule has 0 aliphatic carbocycles. The van der Waals surface area contributed by atoms with Crippen LogP contribution >= 0.6 is 0 Å². The van der Waals surface area contributed by atoms with Crippen LogP contribution in [0.3, 0.4) is 0 Å². The third-order valence-electron chi connectivity index (χ3n) is 1.71. The number of aryl methyl sites for hydroxylation is 1. The van der Waals surface area contributed by atoms with Gasteiger partial charge in [-0.1, -0.05) is 0 Å². The summed E-state index contributed by atoms with van der Waals surface area (Å²) in [6.45, 7) is 4.35. The Labute approximate surface area is 76.4 Å². The van der Waals surface area contributed by atoms with Crippen molar-refractivity contribution in [3.63, 3.8) is 0 Å². The summed E-state index contributed by atoms with van der Waals surface area (Å²) in [4.78, 5) is 11.5. The second kappa shape index (κ2) is 3.76. The zero-order valence-corrected chi connectivity index (χ0v) is 7.66. The van der Waals surface area contributed by atoms with Crippen LogP contribution in [0.1, 0.15) is 18.2 Å². The van der Waals surface area contributed by atoms with E-state index in [1.165, 1.54) is 10.7 Å². The highest BCUT2D eigenvalue weighted by atomic mass is 16.1. The lowest BCUT2D eigenvalue weighted by Crippen LogP contribution is -2.32. The summed E-state index contributed by atoms with van der Waals surface area (Å²) >= 11 is 0. The number of rotatable bonds is 2. The summed E-state index contributed by atoms with van der Waals surface area (Å²) in [5.74, 6) is 0. The van der Waals surface area contributed by atoms with Gasteiger partial charge in [0.15, 0.2) is 0 Å². The Kier molecular flexibility index (Phi) is 2.70. The molecule has 1 aromatic rings. The molecule has 1 N–H and O–H groups in total. The predicted molar refractivity (Wildman–Crippen MR) is 50.1 cm³/mol. The molecular weight excluding hydrogens is 166 g/mol. The Morgan fingerprint density at radius 2 is 2.31 bits per heavy atom. The highest BCUT2D eigenvalue weighted by molar-refractivity contribution is 5.27. The van der Waals surface area contributed by atoms with Gasteiger partial charge in [0.05, 0.1) is 0 Å². The lowest BCUT2D eigenvalue weighted by molar-refractivity contribution is 0.787. The van der Waals surface area contributed by atoms with E-state index < -0.39 is 0 Å². The van der Waals surface area contributed by atoms with Gasteiger partial charge < -0.3 is 5.43 Å². The van der Waals surface area contributed by atoms with Gasteiger partial charge in [-0.25, -0.2) is 4.68 Å². The molecule has 1 heterocycles. The van der Waals surface area contributed by atoms with Gasteiger partial charge in [-0.3, -0.25) is 4.79 Å². The minimum absolute atomic E-state index is 0.159. The molecular formula is C9H11N3O. The van der Waals surface area contributed by atoms with Crippen molar-refractivity contribution in [2.75, 3.05) is 12.0 Å².